The van der Waals surface area contributed by atoms with Crippen LogP contribution in [0.4, 0.5) is 0 Å². The minimum atomic E-state index is -3.84. The van der Waals surface area contributed by atoms with Crippen molar-refractivity contribution in [1.82, 2.24) is 8.96 Å². The topological polar surface area (TPSA) is 52.0 Å². The van der Waals surface area contributed by atoms with Crippen molar-refractivity contribution in [2.24, 2.45) is 0 Å². The molecule has 19 heavy (non-hydrogen) atoms. The van der Waals surface area contributed by atoms with Gasteiger partial charge in [-0.15, -0.1) is 0 Å². The highest BCUT2D eigenvalue weighted by Crippen LogP contribution is 2.27. The average molecular weight is 338 g/mol. The quantitative estimate of drug-likeness (QED) is 0.722. The molecule has 2 aromatic heterocycles. The minimum Gasteiger partial charge on any atom is -0.237 e. The average Bonchev–Trinajstić information content (AvgIpc) is 2.73. The lowest BCUT2D eigenvalue weighted by atomic mass is 10.3. The number of pyridine rings is 1. The first-order valence-electron chi connectivity index (χ1n) is 5.95. The predicted molar refractivity (Wildman–Crippen MR) is 76.5 cm³/mol. The van der Waals surface area contributed by atoms with Crippen LogP contribution in [0.15, 0.2) is 64.2 Å². The highest BCUT2D eigenvalue weighted by Gasteiger charge is 2.20. The van der Waals surface area contributed by atoms with E-state index in [1.807, 2.05) is 0 Å². The van der Waals surface area contributed by atoms with Gasteiger partial charge in [0.05, 0.1) is 6.27 Å². The van der Waals surface area contributed by atoms with Gasteiger partial charge in [-0.05, 0) is 40.2 Å². The zero-order valence-corrected chi connectivity index (χ0v) is 12.0. The Morgan fingerprint density at radius 1 is 1.16 bits per heavy atom. The molecule has 3 aromatic rings. The molecule has 0 aliphatic rings. The third kappa shape index (κ3) is 1.97. The van der Waals surface area contributed by atoms with Gasteiger partial charge < -0.3 is 0 Å². The van der Waals surface area contributed by atoms with E-state index < -0.39 is 10.0 Å². The van der Waals surface area contributed by atoms with E-state index in [2.05, 4.69) is 20.9 Å². The first-order chi connectivity index (χ1) is 9.53. The van der Waals surface area contributed by atoms with Gasteiger partial charge in [0, 0.05) is 22.2 Å². The molecule has 0 unspecified atom stereocenters. The third-order valence-electron chi connectivity index (χ3n) is 2.70. The highest BCUT2D eigenvalue weighted by atomic mass is 79.9. The molecule has 2 heterocycles. The fraction of sp³-hybridized carbons (Fsp3) is 0. The Labute approximate surface area is 120 Å². The molecule has 0 fully saturated rings. The zero-order valence-electron chi connectivity index (χ0n) is 10.6. The van der Waals surface area contributed by atoms with E-state index in [0.29, 0.717) is 9.86 Å². The number of rotatable bonds is 2. The number of aromatic nitrogens is 2. The van der Waals surface area contributed by atoms with Crippen molar-refractivity contribution in [1.29, 1.82) is 0 Å². The van der Waals surface area contributed by atoms with Gasteiger partial charge in [-0.1, -0.05) is 18.2 Å². The monoisotopic (exact) mass is 337 g/mol. The highest BCUT2D eigenvalue weighted by molar-refractivity contribution is 9.10. The van der Waals surface area contributed by atoms with Crippen LogP contribution in [0.2, 0.25) is 0 Å². The van der Waals surface area contributed by atoms with E-state index >= 15 is 0 Å². The molecule has 1 aromatic carbocycles. The second kappa shape index (κ2) is 4.47. The molecule has 0 saturated heterocycles. The van der Waals surface area contributed by atoms with Crippen LogP contribution in [0, 0.1) is 0 Å². The Kier molecular flexibility index (Phi) is 2.63. The van der Waals surface area contributed by atoms with Crippen LogP contribution >= 0.6 is 15.9 Å². The van der Waals surface area contributed by atoms with E-state index in [1.165, 1.54) is 18.3 Å². The van der Waals surface area contributed by atoms with Gasteiger partial charge in [0.15, 0.2) is 5.65 Å². The Balaban J connectivity index is 2.39. The standard InChI is InChI=1S/C13H9BrN2O2S/c14-12-9-16(13-11(12)7-4-8-15-13)19(17,18)10-5-2-1-3-6-10/h1-9H/i9D. The van der Waals surface area contributed by atoms with Crippen LogP contribution in [-0.4, -0.2) is 17.4 Å². The van der Waals surface area contributed by atoms with E-state index in [4.69, 9.17) is 1.37 Å². The SMILES string of the molecule is [2H]c1c(Br)c2cccnc2n1S(=O)(=O)c1ccccc1. The molecule has 0 N–H and O–H groups in total. The van der Waals surface area contributed by atoms with Gasteiger partial charge in [-0.3, -0.25) is 0 Å². The second-order valence-electron chi connectivity index (χ2n) is 3.88. The number of hydrogen-bond acceptors (Lipinski definition) is 3. The number of hydrogen-bond donors (Lipinski definition) is 0. The number of nitrogens with zero attached hydrogens (tertiary/aromatic N) is 2. The Morgan fingerprint density at radius 3 is 2.63 bits per heavy atom. The zero-order chi connectivity index (χ0) is 14.3. The van der Waals surface area contributed by atoms with E-state index in [0.717, 1.165) is 3.97 Å². The molecule has 0 bridgehead atoms. The molecule has 3 rings (SSSR count). The largest absolute Gasteiger partial charge is 0.269 e. The van der Waals surface area contributed by atoms with Crippen LogP contribution in [0.25, 0.3) is 11.0 Å². The molecular weight excluding hydrogens is 328 g/mol. The van der Waals surface area contributed by atoms with Gasteiger partial charge in [0.1, 0.15) is 0 Å². The summed E-state index contributed by atoms with van der Waals surface area (Å²) in [7, 11) is -3.84. The second-order valence-corrected chi connectivity index (χ2v) is 6.46. The summed E-state index contributed by atoms with van der Waals surface area (Å²) in [4.78, 5) is 4.22. The van der Waals surface area contributed by atoms with Crippen LogP contribution in [0.5, 0.6) is 0 Å². The molecule has 4 nitrogen and oxygen atoms in total. The Morgan fingerprint density at radius 2 is 1.89 bits per heavy atom. The van der Waals surface area contributed by atoms with Crippen molar-refractivity contribution in [2.75, 3.05) is 0 Å². The Hall–Kier alpha value is -1.66. The Bertz CT molecular complexity index is 891. The maximum atomic E-state index is 12.7. The molecule has 0 saturated carbocycles. The number of halogens is 1. The first-order valence-corrected chi connectivity index (χ1v) is 7.69. The maximum absolute atomic E-state index is 12.7. The fourth-order valence-corrected chi connectivity index (χ4v) is 3.70. The van der Waals surface area contributed by atoms with Crippen molar-refractivity contribution in [3.8, 4) is 0 Å². The molecule has 0 aliphatic heterocycles. The maximum Gasteiger partial charge on any atom is 0.269 e. The predicted octanol–water partition coefficient (Wildman–Crippen LogP) is 3.04. The van der Waals surface area contributed by atoms with Crippen molar-refractivity contribution in [3.63, 3.8) is 0 Å². The summed E-state index contributed by atoms with van der Waals surface area (Å²) in [6, 6.07) is 11.4. The van der Waals surface area contributed by atoms with Crippen molar-refractivity contribution in [2.45, 2.75) is 4.90 Å². The molecule has 96 valence electrons. The number of benzene rings is 1. The van der Waals surface area contributed by atoms with Crippen LogP contribution in [0.1, 0.15) is 1.37 Å². The minimum absolute atomic E-state index is 0.128. The smallest absolute Gasteiger partial charge is 0.237 e. The molecule has 0 amide bonds. The van der Waals surface area contributed by atoms with Gasteiger partial charge in [-0.25, -0.2) is 17.4 Å². The molecule has 0 atom stereocenters. The summed E-state index contributed by atoms with van der Waals surface area (Å²) in [5.41, 5.74) is 0.244. The summed E-state index contributed by atoms with van der Waals surface area (Å²) in [5, 5.41) is 0.594. The van der Waals surface area contributed by atoms with E-state index in [9.17, 15) is 8.42 Å². The van der Waals surface area contributed by atoms with Crippen molar-refractivity contribution < 1.29 is 9.79 Å². The summed E-state index contributed by atoms with van der Waals surface area (Å²) in [5.74, 6) is 0. The molecular formula is C13H9BrN2O2S. The van der Waals surface area contributed by atoms with Crippen LogP contribution in [-0.2, 0) is 10.0 Å². The van der Waals surface area contributed by atoms with Crippen molar-refractivity contribution >= 4 is 37.0 Å². The lowest BCUT2D eigenvalue weighted by Gasteiger charge is -2.06. The van der Waals surface area contributed by atoms with Crippen LogP contribution in [0.3, 0.4) is 0 Å². The number of fused-ring (bicyclic) bond motifs is 1. The summed E-state index contributed by atoms with van der Waals surface area (Å²) < 4.78 is 34.7. The van der Waals surface area contributed by atoms with Gasteiger partial charge in [0.2, 0.25) is 0 Å². The third-order valence-corrected chi connectivity index (χ3v) is 4.91. The van der Waals surface area contributed by atoms with Crippen LogP contribution < -0.4 is 0 Å². The molecule has 0 spiro atoms. The molecule has 6 heteroatoms. The lowest BCUT2D eigenvalue weighted by molar-refractivity contribution is 0.588. The van der Waals surface area contributed by atoms with Gasteiger partial charge >= 0.3 is 0 Å². The van der Waals surface area contributed by atoms with Gasteiger partial charge in [0.25, 0.3) is 10.0 Å². The lowest BCUT2D eigenvalue weighted by Crippen LogP contribution is -2.12. The summed E-state index contributed by atoms with van der Waals surface area (Å²) in [6.07, 6.45) is 1.37. The molecule has 0 radical (unpaired) electrons. The van der Waals surface area contributed by atoms with E-state index in [1.54, 1.807) is 30.3 Å². The summed E-state index contributed by atoms with van der Waals surface area (Å²) >= 11 is 3.25. The fourth-order valence-electron chi connectivity index (χ4n) is 1.80. The summed E-state index contributed by atoms with van der Waals surface area (Å²) in [6.45, 7) is 0. The van der Waals surface area contributed by atoms with Crippen molar-refractivity contribution in [3.05, 3.63) is 59.3 Å². The van der Waals surface area contributed by atoms with Gasteiger partial charge in [-0.2, -0.15) is 0 Å². The first kappa shape index (κ1) is 11.2. The normalized spacial score (nSPS) is 12.6. The molecule has 0 aliphatic carbocycles. The van der Waals surface area contributed by atoms with E-state index in [-0.39, 0.29) is 16.7 Å².